The Morgan fingerprint density at radius 3 is 2.95 bits per heavy atom. The highest BCUT2D eigenvalue weighted by Gasteiger charge is 2.46. The number of carboxylic acids is 1. The lowest BCUT2D eigenvalue weighted by molar-refractivity contribution is -0.144. The van der Waals surface area contributed by atoms with Gasteiger partial charge in [-0.2, -0.15) is 0 Å². The Hall–Kier alpha value is -1.62. The fourth-order valence-electron chi connectivity index (χ4n) is 2.78. The number of hydrogen-bond acceptors (Lipinski definition) is 3. The zero-order chi connectivity index (χ0) is 15.5. The van der Waals surface area contributed by atoms with Crippen molar-refractivity contribution < 1.29 is 19.0 Å². The van der Waals surface area contributed by atoms with Gasteiger partial charge in [0.15, 0.2) is 0 Å². The van der Waals surface area contributed by atoms with Crippen LogP contribution in [-0.2, 0) is 4.79 Å². The number of carboxylic acid groups (broad SMARTS) is 1. The summed E-state index contributed by atoms with van der Waals surface area (Å²) in [6.45, 7) is 4.36. The Kier molecular flexibility index (Phi) is 4.83. The van der Waals surface area contributed by atoms with Gasteiger partial charge in [0.2, 0.25) is 0 Å². The molecule has 0 saturated heterocycles. The summed E-state index contributed by atoms with van der Waals surface area (Å²) in [7, 11) is 0. The first kappa shape index (κ1) is 15.8. The summed E-state index contributed by atoms with van der Waals surface area (Å²) in [6.07, 6.45) is 2.39. The number of benzene rings is 1. The lowest BCUT2D eigenvalue weighted by atomic mass is 9.97. The molecule has 1 aromatic rings. The van der Waals surface area contributed by atoms with E-state index < -0.39 is 11.5 Å². The molecule has 0 heterocycles. The number of ether oxygens (including phenoxy) is 1. The van der Waals surface area contributed by atoms with Crippen LogP contribution in [0.15, 0.2) is 18.2 Å². The molecule has 1 aromatic carbocycles. The van der Waals surface area contributed by atoms with Gasteiger partial charge in [0, 0.05) is 6.42 Å². The van der Waals surface area contributed by atoms with E-state index in [0.29, 0.717) is 37.1 Å². The summed E-state index contributed by atoms with van der Waals surface area (Å²) < 4.78 is 19.1. The molecule has 21 heavy (non-hydrogen) atoms. The summed E-state index contributed by atoms with van der Waals surface area (Å²) >= 11 is 0. The maximum absolute atomic E-state index is 13.2. The minimum atomic E-state index is -0.893. The number of rotatable bonds is 6. The fourth-order valence-corrected chi connectivity index (χ4v) is 2.78. The molecule has 4 nitrogen and oxygen atoms in total. The van der Waals surface area contributed by atoms with E-state index in [1.165, 1.54) is 6.07 Å². The molecular formula is C16H22FNO3. The van der Waals surface area contributed by atoms with Crippen molar-refractivity contribution in [2.24, 2.45) is 0 Å². The predicted octanol–water partition coefficient (Wildman–Crippen LogP) is 2.89. The van der Waals surface area contributed by atoms with Crippen LogP contribution in [0.1, 0.15) is 38.2 Å². The molecule has 0 amide bonds. The molecule has 1 fully saturated rings. The molecule has 116 valence electrons. The molecule has 0 aromatic heterocycles. The van der Waals surface area contributed by atoms with Crippen molar-refractivity contribution in [2.45, 2.75) is 51.2 Å². The van der Waals surface area contributed by atoms with Gasteiger partial charge in [-0.15, -0.1) is 0 Å². The Balaban J connectivity index is 2.03. The summed E-state index contributed by atoms with van der Waals surface area (Å²) in [5.74, 6) is -0.494. The lowest BCUT2D eigenvalue weighted by Crippen LogP contribution is -2.50. The highest BCUT2D eigenvalue weighted by molar-refractivity contribution is 5.79. The van der Waals surface area contributed by atoms with Crippen molar-refractivity contribution in [3.8, 4) is 5.75 Å². The van der Waals surface area contributed by atoms with Gasteiger partial charge in [0.25, 0.3) is 0 Å². The lowest BCUT2D eigenvalue weighted by Gasteiger charge is -2.25. The molecule has 0 bridgehead atoms. The molecule has 1 aliphatic rings. The number of aryl methyl sites for hydroxylation is 1. The second-order valence-corrected chi connectivity index (χ2v) is 5.71. The minimum absolute atomic E-state index is 0.157. The first-order valence-electron chi connectivity index (χ1n) is 7.38. The maximum atomic E-state index is 13.2. The number of aliphatic carboxylic acids is 1. The number of halogens is 1. The van der Waals surface area contributed by atoms with E-state index in [4.69, 9.17) is 4.74 Å². The topological polar surface area (TPSA) is 58.6 Å². The molecule has 5 heteroatoms. The Labute approximate surface area is 124 Å². The second kappa shape index (κ2) is 6.43. The Morgan fingerprint density at radius 2 is 2.33 bits per heavy atom. The molecule has 0 radical (unpaired) electrons. The van der Waals surface area contributed by atoms with Crippen LogP contribution in [0.5, 0.6) is 5.75 Å². The number of carbonyl (C=O) groups is 1. The maximum Gasteiger partial charge on any atom is 0.324 e. The predicted molar refractivity (Wildman–Crippen MR) is 78.1 cm³/mol. The van der Waals surface area contributed by atoms with E-state index >= 15 is 0 Å². The first-order valence-corrected chi connectivity index (χ1v) is 7.38. The summed E-state index contributed by atoms with van der Waals surface area (Å²) in [4.78, 5) is 11.6. The van der Waals surface area contributed by atoms with E-state index in [1.54, 1.807) is 19.1 Å². The van der Waals surface area contributed by atoms with Gasteiger partial charge in [0.05, 0.1) is 0 Å². The molecular weight excluding hydrogens is 273 g/mol. The fraction of sp³-hybridized carbons (Fsp3) is 0.562. The zero-order valence-corrected chi connectivity index (χ0v) is 12.5. The van der Waals surface area contributed by atoms with Gasteiger partial charge >= 0.3 is 5.97 Å². The normalized spacial score (nSPS) is 25.0. The van der Waals surface area contributed by atoms with Crippen molar-refractivity contribution in [3.63, 3.8) is 0 Å². The summed E-state index contributed by atoms with van der Waals surface area (Å²) in [5, 5.41) is 12.6. The quantitative estimate of drug-likeness (QED) is 0.847. The van der Waals surface area contributed by atoms with Crippen molar-refractivity contribution in [2.75, 3.05) is 6.54 Å². The molecule has 0 spiro atoms. The molecule has 0 aliphatic heterocycles. The SMILES string of the molecule is CCCNC1(C(=O)O)CCC(Oc2ccc(F)c(C)c2)C1. The molecule has 1 aliphatic carbocycles. The average molecular weight is 295 g/mol. The molecule has 2 N–H and O–H groups in total. The van der Waals surface area contributed by atoms with Crippen LogP contribution >= 0.6 is 0 Å². The van der Waals surface area contributed by atoms with Gasteiger partial charge in [-0.1, -0.05) is 6.92 Å². The third-order valence-electron chi connectivity index (χ3n) is 4.02. The van der Waals surface area contributed by atoms with Gasteiger partial charge in [-0.25, -0.2) is 4.39 Å². The van der Waals surface area contributed by atoms with E-state index in [9.17, 15) is 14.3 Å². The standard InChI is InChI=1S/C16H22FNO3/c1-3-8-18-16(15(19)20)7-6-13(10-16)21-12-4-5-14(17)11(2)9-12/h4-5,9,13,18H,3,6-8,10H2,1-2H3,(H,19,20). The average Bonchev–Trinajstić information content (AvgIpc) is 2.85. The summed E-state index contributed by atoms with van der Waals surface area (Å²) in [6, 6.07) is 4.61. The third-order valence-corrected chi connectivity index (χ3v) is 4.02. The van der Waals surface area contributed by atoms with Crippen molar-refractivity contribution in [1.82, 2.24) is 5.32 Å². The number of hydrogen-bond donors (Lipinski definition) is 2. The second-order valence-electron chi connectivity index (χ2n) is 5.71. The van der Waals surface area contributed by atoms with E-state index in [0.717, 1.165) is 6.42 Å². The van der Waals surface area contributed by atoms with Crippen LogP contribution in [0.2, 0.25) is 0 Å². The van der Waals surface area contributed by atoms with Gasteiger partial charge < -0.3 is 15.2 Å². The van der Waals surface area contributed by atoms with Crippen LogP contribution in [0.25, 0.3) is 0 Å². The van der Waals surface area contributed by atoms with Crippen LogP contribution in [0.3, 0.4) is 0 Å². The third kappa shape index (κ3) is 3.53. The smallest absolute Gasteiger partial charge is 0.324 e. The van der Waals surface area contributed by atoms with Gasteiger partial charge in [-0.3, -0.25) is 4.79 Å². The van der Waals surface area contributed by atoms with Crippen molar-refractivity contribution in [3.05, 3.63) is 29.6 Å². The van der Waals surface area contributed by atoms with Crippen LogP contribution in [-0.4, -0.2) is 29.3 Å². The van der Waals surface area contributed by atoms with Crippen LogP contribution in [0, 0.1) is 12.7 Å². The molecule has 2 rings (SSSR count). The minimum Gasteiger partial charge on any atom is -0.490 e. The van der Waals surface area contributed by atoms with Crippen LogP contribution < -0.4 is 10.1 Å². The molecule has 2 atom stereocenters. The van der Waals surface area contributed by atoms with E-state index in [1.807, 2.05) is 6.92 Å². The highest BCUT2D eigenvalue weighted by Crippen LogP contribution is 2.33. The molecule has 2 unspecified atom stereocenters. The summed E-state index contributed by atoms with van der Waals surface area (Å²) in [5.41, 5.74) is -0.366. The van der Waals surface area contributed by atoms with Crippen molar-refractivity contribution in [1.29, 1.82) is 0 Å². The first-order chi connectivity index (χ1) is 9.97. The molecule has 1 saturated carbocycles. The van der Waals surface area contributed by atoms with Gasteiger partial charge in [0.1, 0.15) is 23.2 Å². The van der Waals surface area contributed by atoms with Crippen LogP contribution in [0.4, 0.5) is 4.39 Å². The Morgan fingerprint density at radius 1 is 1.57 bits per heavy atom. The van der Waals surface area contributed by atoms with E-state index in [2.05, 4.69) is 5.32 Å². The monoisotopic (exact) mass is 295 g/mol. The largest absolute Gasteiger partial charge is 0.490 e. The highest BCUT2D eigenvalue weighted by atomic mass is 19.1. The van der Waals surface area contributed by atoms with Crippen molar-refractivity contribution >= 4 is 5.97 Å². The number of nitrogens with one attached hydrogen (secondary N) is 1. The zero-order valence-electron chi connectivity index (χ0n) is 12.5. The Bertz CT molecular complexity index is 520. The van der Waals surface area contributed by atoms with Gasteiger partial charge in [-0.05, 0) is 56.5 Å². The van der Waals surface area contributed by atoms with E-state index in [-0.39, 0.29) is 11.9 Å².